The van der Waals surface area contributed by atoms with E-state index in [0.29, 0.717) is 5.96 Å². The molecule has 4 heteroatoms. The Labute approximate surface area is 86.3 Å². The molecule has 0 amide bonds. The Kier molecular flexibility index (Phi) is 3.95. The molecule has 0 aromatic carbocycles. The first-order valence-corrected chi connectivity index (χ1v) is 4.95. The van der Waals surface area contributed by atoms with Crippen LogP contribution in [0.5, 0.6) is 0 Å². The highest BCUT2D eigenvalue weighted by atomic mass is 15.4. The van der Waals surface area contributed by atoms with Crippen molar-refractivity contribution in [2.24, 2.45) is 0 Å². The minimum Gasteiger partial charge on any atom is -0.344 e. The lowest BCUT2D eigenvalue weighted by molar-refractivity contribution is 0.454. The fraction of sp³-hybridized carbons (Fsp3) is 0.700. The third-order valence-electron chi connectivity index (χ3n) is 2.33. The van der Waals surface area contributed by atoms with E-state index in [1.54, 1.807) is 0 Å². The summed E-state index contributed by atoms with van der Waals surface area (Å²) in [4.78, 5) is 6.17. The van der Waals surface area contributed by atoms with E-state index in [1.807, 2.05) is 11.9 Å². The highest BCUT2D eigenvalue weighted by Gasteiger charge is 2.19. The third-order valence-corrected chi connectivity index (χ3v) is 2.33. The van der Waals surface area contributed by atoms with Crippen LogP contribution in [0.3, 0.4) is 0 Å². The Hall–Kier alpha value is -1.03. The van der Waals surface area contributed by atoms with Gasteiger partial charge in [0.1, 0.15) is 0 Å². The molecule has 1 aliphatic rings. The van der Waals surface area contributed by atoms with E-state index in [0.717, 1.165) is 26.2 Å². The second-order valence-corrected chi connectivity index (χ2v) is 3.92. The fourth-order valence-corrected chi connectivity index (χ4v) is 1.39. The predicted molar refractivity (Wildman–Crippen MR) is 59.6 cm³/mol. The fourth-order valence-electron chi connectivity index (χ4n) is 1.39. The quantitative estimate of drug-likeness (QED) is 0.656. The summed E-state index contributed by atoms with van der Waals surface area (Å²) in [6.45, 7) is 3.77. The zero-order chi connectivity index (χ0) is 10.6. The van der Waals surface area contributed by atoms with Gasteiger partial charge in [-0.15, -0.1) is 0 Å². The van der Waals surface area contributed by atoms with Crippen LogP contribution in [0.1, 0.15) is 0 Å². The summed E-state index contributed by atoms with van der Waals surface area (Å²) < 4.78 is 0. The Morgan fingerprint density at radius 2 is 2.07 bits per heavy atom. The first kappa shape index (κ1) is 11.0. The van der Waals surface area contributed by atoms with Crippen molar-refractivity contribution in [2.75, 3.05) is 47.3 Å². The molecule has 1 heterocycles. The Bertz CT molecular complexity index is 222. The van der Waals surface area contributed by atoms with Crippen molar-refractivity contribution in [2.45, 2.75) is 0 Å². The number of guanidine groups is 1. The van der Waals surface area contributed by atoms with Crippen molar-refractivity contribution in [3.8, 4) is 0 Å². The predicted octanol–water partition coefficient (Wildman–Crippen LogP) is 0.286. The summed E-state index contributed by atoms with van der Waals surface area (Å²) in [5.74, 6) is 0.638. The van der Waals surface area contributed by atoms with E-state index in [4.69, 9.17) is 5.41 Å². The summed E-state index contributed by atoms with van der Waals surface area (Å²) in [6.07, 6.45) is 4.28. The number of nitrogens with zero attached hydrogens (tertiary/aromatic N) is 3. The van der Waals surface area contributed by atoms with Crippen LogP contribution in [-0.4, -0.2) is 68.0 Å². The van der Waals surface area contributed by atoms with Crippen molar-refractivity contribution in [1.29, 1.82) is 5.41 Å². The molecule has 1 saturated heterocycles. The molecule has 14 heavy (non-hydrogen) atoms. The number of hydrogen-bond acceptors (Lipinski definition) is 2. The van der Waals surface area contributed by atoms with Crippen LogP contribution in [0.4, 0.5) is 0 Å². The zero-order valence-corrected chi connectivity index (χ0v) is 9.32. The summed E-state index contributed by atoms with van der Waals surface area (Å²) in [5.41, 5.74) is 0. The van der Waals surface area contributed by atoms with Gasteiger partial charge in [0.2, 0.25) is 0 Å². The van der Waals surface area contributed by atoms with Crippen molar-refractivity contribution >= 4 is 5.96 Å². The molecule has 0 spiro atoms. The smallest absolute Gasteiger partial charge is 0.193 e. The van der Waals surface area contributed by atoms with E-state index in [2.05, 4.69) is 36.0 Å². The average molecular weight is 196 g/mol. The van der Waals surface area contributed by atoms with Gasteiger partial charge in [-0.2, -0.15) is 0 Å². The highest BCUT2D eigenvalue weighted by Crippen LogP contribution is 2.03. The van der Waals surface area contributed by atoms with E-state index >= 15 is 0 Å². The maximum atomic E-state index is 7.74. The van der Waals surface area contributed by atoms with Crippen LogP contribution in [-0.2, 0) is 0 Å². The Balaban J connectivity index is 2.25. The monoisotopic (exact) mass is 196 g/mol. The summed E-state index contributed by atoms with van der Waals surface area (Å²) in [5, 5.41) is 7.74. The molecule has 0 bridgehead atoms. The topological polar surface area (TPSA) is 33.6 Å². The summed E-state index contributed by atoms with van der Waals surface area (Å²) in [7, 11) is 6.07. The first-order chi connectivity index (χ1) is 6.61. The molecule has 0 aromatic rings. The zero-order valence-electron chi connectivity index (χ0n) is 9.32. The minimum absolute atomic E-state index is 0.638. The van der Waals surface area contributed by atoms with Crippen LogP contribution >= 0.6 is 0 Å². The normalized spacial score (nSPS) is 17.9. The lowest BCUT2D eigenvalue weighted by Gasteiger charge is -2.16. The standard InChI is InChI=1S/C10H20N4/c1-12(2)6-4-5-7-14-9-8-13(3)10(14)11/h4-5,11H,6-9H2,1-3H3/b5-4+,11-10?. The third kappa shape index (κ3) is 3.03. The van der Waals surface area contributed by atoms with E-state index in [-0.39, 0.29) is 0 Å². The van der Waals surface area contributed by atoms with Gasteiger partial charge in [0, 0.05) is 33.2 Å². The second-order valence-electron chi connectivity index (χ2n) is 3.92. The van der Waals surface area contributed by atoms with Gasteiger partial charge in [-0.3, -0.25) is 5.41 Å². The number of likely N-dealkylation sites (N-methyl/N-ethyl adjacent to an activating group) is 2. The molecule has 0 aliphatic carbocycles. The molecule has 1 fully saturated rings. The molecular weight excluding hydrogens is 176 g/mol. The van der Waals surface area contributed by atoms with Gasteiger partial charge < -0.3 is 14.7 Å². The van der Waals surface area contributed by atoms with Crippen molar-refractivity contribution in [3.05, 3.63) is 12.2 Å². The number of nitrogens with one attached hydrogen (secondary N) is 1. The Morgan fingerprint density at radius 1 is 1.36 bits per heavy atom. The summed E-state index contributed by atoms with van der Waals surface area (Å²) in [6, 6.07) is 0. The maximum absolute atomic E-state index is 7.74. The molecule has 1 N–H and O–H groups in total. The van der Waals surface area contributed by atoms with Crippen LogP contribution in [0.2, 0.25) is 0 Å². The molecule has 1 aliphatic heterocycles. The van der Waals surface area contributed by atoms with Crippen LogP contribution in [0.25, 0.3) is 0 Å². The summed E-state index contributed by atoms with van der Waals surface area (Å²) >= 11 is 0. The van der Waals surface area contributed by atoms with Gasteiger partial charge in [-0.25, -0.2) is 0 Å². The van der Waals surface area contributed by atoms with E-state index < -0.39 is 0 Å². The van der Waals surface area contributed by atoms with Gasteiger partial charge in [-0.1, -0.05) is 12.2 Å². The van der Waals surface area contributed by atoms with Crippen LogP contribution in [0.15, 0.2) is 12.2 Å². The minimum atomic E-state index is 0.638. The van der Waals surface area contributed by atoms with Gasteiger partial charge >= 0.3 is 0 Å². The molecule has 0 unspecified atom stereocenters. The molecular formula is C10H20N4. The Morgan fingerprint density at radius 3 is 2.57 bits per heavy atom. The first-order valence-electron chi connectivity index (χ1n) is 4.95. The molecule has 1 rings (SSSR count). The molecule has 0 atom stereocenters. The number of rotatable bonds is 4. The largest absolute Gasteiger partial charge is 0.344 e. The second kappa shape index (κ2) is 5.00. The van der Waals surface area contributed by atoms with E-state index in [9.17, 15) is 0 Å². The van der Waals surface area contributed by atoms with Crippen LogP contribution < -0.4 is 0 Å². The molecule has 0 radical (unpaired) electrons. The van der Waals surface area contributed by atoms with Crippen molar-refractivity contribution in [1.82, 2.24) is 14.7 Å². The highest BCUT2D eigenvalue weighted by molar-refractivity contribution is 5.78. The van der Waals surface area contributed by atoms with Gasteiger partial charge in [0.15, 0.2) is 5.96 Å². The van der Waals surface area contributed by atoms with E-state index in [1.165, 1.54) is 0 Å². The molecule has 0 saturated carbocycles. The van der Waals surface area contributed by atoms with Crippen molar-refractivity contribution in [3.63, 3.8) is 0 Å². The molecule has 80 valence electrons. The van der Waals surface area contributed by atoms with Crippen LogP contribution in [0, 0.1) is 5.41 Å². The number of hydrogen-bond donors (Lipinski definition) is 1. The van der Waals surface area contributed by atoms with Gasteiger partial charge in [0.25, 0.3) is 0 Å². The molecule has 4 nitrogen and oxygen atoms in total. The van der Waals surface area contributed by atoms with Gasteiger partial charge in [0.05, 0.1) is 0 Å². The average Bonchev–Trinajstić information content (AvgIpc) is 2.43. The molecule has 0 aromatic heterocycles. The lowest BCUT2D eigenvalue weighted by Crippen LogP contribution is -2.30. The SMILES string of the molecule is CN(C)C/C=C/CN1CCN(C)C1=N. The maximum Gasteiger partial charge on any atom is 0.193 e. The van der Waals surface area contributed by atoms with Gasteiger partial charge in [-0.05, 0) is 14.1 Å². The lowest BCUT2D eigenvalue weighted by atomic mass is 10.4. The van der Waals surface area contributed by atoms with Crippen molar-refractivity contribution < 1.29 is 0 Å².